The van der Waals surface area contributed by atoms with Gasteiger partial charge in [-0.2, -0.15) is 0 Å². The number of fused-ring (bicyclic) bond motifs is 2. The number of rotatable bonds is 15. The minimum absolute atomic E-state index is 0.0406. The maximum absolute atomic E-state index is 14.7. The lowest BCUT2D eigenvalue weighted by Crippen LogP contribution is -2.47. The van der Waals surface area contributed by atoms with E-state index in [0.717, 1.165) is 59.1 Å². The first-order valence-electron chi connectivity index (χ1n) is 21.7. The quantitative estimate of drug-likeness (QED) is 0.0438. The highest BCUT2D eigenvalue weighted by molar-refractivity contribution is 7.22. The minimum Gasteiger partial charge on any atom is -0.494 e. The van der Waals surface area contributed by atoms with Gasteiger partial charge in [-0.25, -0.2) is 14.8 Å². The van der Waals surface area contributed by atoms with Crippen LogP contribution in [0.2, 0.25) is 25.7 Å². The van der Waals surface area contributed by atoms with Crippen molar-refractivity contribution in [3.8, 4) is 5.75 Å². The Hall–Kier alpha value is -5.15. The first-order chi connectivity index (χ1) is 29.6. The monoisotopic (exact) mass is 876 g/mol. The van der Waals surface area contributed by atoms with Gasteiger partial charge in [0.1, 0.15) is 23.9 Å². The van der Waals surface area contributed by atoms with Gasteiger partial charge in [-0.1, -0.05) is 61.3 Å². The van der Waals surface area contributed by atoms with Gasteiger partial charge in [0, 0.05) is 65.1 Å². The molecule has 2 aliphatic rings. The molecule has 0 atom stereocenters. The van der Waals surface area contributed by atoms with Crippen molar-refractivity contribution in [1.82, 2.24) is 19.8 Å². The van der Waals surface area contributed by atoms with Crippen LogP contribution in [-0.4, -0.2) is 111 Å². The molecule has 2 aromatic heterocycles. The Morgan fingerprint density at radius 2 is 1.61 bits per heavy atom. The predicted molar refractivity (Wildman–Crippen MR) is 250 cm³/mol. The molecular weight excluding hydrogens is 817 g/mol. The number of carbonyl (C=O) groups is 3. The highest BCUT2D eigenvalue weighted by Crippen LogP contribution is 2.33. The Balaban J connectivity index is 1.06. The Labute approximate surface area is 370 Å². The van der Waals surface area contributed by atoms with E-state index in [-0.39, 0.29) is 24.2 Å². The van der Waals surface area contributed by atoms with Crippen molar-refractivity contribution in [2.45, 2.75) is 77.9 Å². The normalized spacial score (nSPS) is 14.8. The molecule has 2 amide bonds. The number of anilines is 2. The molecule has 1 fully saturated rings. The number of para-hydroxylation sites is 1. The van der Waals surface area contributed by atoms with E-state index in [1.807, 2.05) is 98.5 Å². The largest absolute Gasteiger partial charge is 0.494 e. The molecule has 7 rings (SSSR count). The third-order valence-electron chi connectivity index (χ3n) is 11.1. The van der Waals surface area contributed by atoms with Gasteiger partial charge in [0.15, 0.2) is 10.8 Å². The van der Waals surface area contributed by atoms with Crippen molar-refractivity contribution < 1.29 is 28.6 Å². The molecule has 62 heavy (non-hydrogen) atoms. The van der Waals surface area contributed by atoms with Crippen LogP contribution in [-0.2, 0) is 28.9 Å². The molecule has 0 aliphatic carbocycles. The third kappa shape index (κ3) is 11.5. The average molecular weight is 877 g/mol. The van der Waals surface area contributed by atoms with Crippen LogP contribution in [0.25, 0.3) is 10.2 Å². The van der Waals surface area contributed by atoms with Gasteiger partial charge < -0.3 is 28.9 Å². The number of hydrogen-bond donors (Lipinski definition) is 0. The van der Waals surface area contributed by atoms with Gasteiger partial charge in [-0.15, -0.1) is 0 Å². The molecule has 5 aromatic rings. The van der Waals surface area contributed by atoms with E-state index in [2.05, 4.69) is 42.6 Å². The molecule has 0 saturated carbocycles. The number of pyridine rings is 1. The van der Waals surface area contributed by atoms with E-state index in [9.17, 15) is 14.4 Å². The van der Waals surface area contributed by atoms with E-state index in [4.69, 9.17) is 24.2 Å². The number of ether oxygens (including phenoxy) is 3. The van der Waals surface area contributed by atoms with E-state index >= 15 is 0 Å². The number of aromatic nitrogens is 2. The smallest absolute Gasteiger partial charge is 0.357 e. The second kappa shape index (κ2) is 19.5. The number of esters is 1. The molecule has 0 N–H and O–H groups in total. The van der Waals surface area contributed by atoms with Crippen LogP contribution < -0.4 is 14.5 Å². The molecule has 12 nitrogen and oxygen atoms in total. The number of nitrogens with zero attached hydrogens (tertiary/aromatic N) is 6. The summed E-state index contributed by atoms with van der Waals surface area (Å²) < 4.78 is 19.1. The first kappa shape index (κ1) is 44.9. The number of benzene rings is 3. The van der Waals surface area contributed by atoms with Crippen LogP contribution in [0.15, 0.2) is 78.9 Å². The zero-order chi connectivity index (χ0) is 44.0. The van der Waals surface area contributed by atoms with Crippen molar-refractivity contribution in [2.75, 3.05) is 69.5 Å². The van der Waals surface area contributed by atoms with Gasteiger partial charge in [0.05, 0.1) is 16.8 Å². The van der Waals surface area contributed by atoms with Crippen molar-refractivity contribution in [3.63, 3.8) is 0 Å². The van der Waals surface area contributed by atoms with E-state index in [1.54, 1.807) is 4.90 Å². The summed E-state index contributed by atoms with van der Waals surface area (Å²) in [6.45, 7) is 17.9. The number of hydrogen-bond acceptors (Lipinski definition) is 11. The highest BCUT2D eigenvalue weighted by atomic mass is 32.1. The lowest BCUT2D eigenvalue weighted by atomic mass is 9.94. The van der Waals surface area contributed by atoms with E-state index in [0.29, 0.717) is 73.4 Å². The van der Waals surface area contributed by atoms with Crippen molar-refractivity contribution in [2.24, 2.45) is 0 Å². The average Bonchev–Trinajstić information content (AvgIpc) is 3.68. The molecule has 1 saturated heterocycles. The second-order valence-corrected chi connectivity index (χ2v) is 25.0. The second-order valence-electron chi connectivity index (χ2n) is 18.4. The maximum Gasteiger partial charge on any atom is 0.357 e. The first-order valence-corrected chi connectivity index (χ1v) is 26.2. The molecular formula is C48H60N6O6SSi. The Morgan fingerprint density at radius 3 is 2.34 bits per heavy atom. The lowest BCUT2D eigenvalue weighted by Gasteiger charge is -2.32. The minimum atomic E-state index is -1.34. The van der Waals surface area contributed by atoms with Crippen LogP contribution in [0, 0.1) is 0 Å². The fourth-order valence-electron chi connectivity index (χ4n) is 7.53. The van der Waals surface area contributed by atoms with Gasteiger partial charge in [-0.05, 0) is 118 Å². The Morgan fingerprint density at radius 1 is 0.855 bits per heavy atom. The van der Waals surface area contributed by atoms with E-state index in [1.165, 1.54) is 11.3 Å². The van der Waals surface area contributed by atoms with Crippen LogP contribution >= 0.6 is 11.3 Å². The summed E-state index contributed by atoms with van der Waals surface area (Å²) in [7, 11) is 0.728. The van der Waals surface area contributed by atoms with Crippen molar-refractivity contribution >= 4 is 58.4 Å². The number of amides is 2. The zero-order valence-corrected chi connectivity index (χ0v) is 39.1. The Bertz CT molecular complexity index is 2330. The number of piperazine rings is 1. The molecule has 2 aliphatic heterocycles. The topological polar surface area (TPSA) is 118 Å². The molecule has 0 spiro atoms. The zero-order valence-electron chi connectivity index (χ0n) is 37.2. The molecule has 3 aromatic carbocycles. The van der Waals surface area contributed by atoms with Crippen LogP contribution in [0.1, 0.15) is 75.1 Å². The summed E-state index contributed by atoms with van der Waals surface area (Å²) in [6.07, 6.45) is 1.89. The fourth-order valence-corrected chi connectivity index (χ4v) is 9.24. The molecule has 0 bridgehead atoms. The van der Waals surface area contributed by atoms with Gasteiger partial charge in [0.2, 0.25) is 0 Å². The molecule has 4 heterocycles. The summed E-state index contributed by atoms with van der Waals surface area (Å²) in [5, 5.41) is 0.602. The summed E-state index contributed by atoms with van der Waals surface area (Å²) in [4.78, 5) is 59.1. The number of likely N-dealkylation sites (N-methyl/N-ethyl adjacent to an activating group) is 1. The number of carbonyl (C=O) groups excluding carboxylic acids is 3. The molecule has 0 unspecified atom stereocenters. The van der Waals surface area contributed by atoms with Crippen LogP contribution in [0.5, 0.6) is 5.75 Å². The van der Waals surface area contributed by atoms with Gasteiger partial charge in [0.25, 0.3) is 11.8 Å². The van der Waals surface area contributed by atoms with Gasteiger partial charge in [-0.3, -0.25) is 14.5 Å². The lowest BCUT2D eigenvalue weighted by molar-refractivity contribution is 0.00611. The van der Waals surface area contributed by atoms with Crippen LogP contribution in [0.3, 0.4) is 0 Å². The summed E-state index contributed by atoms with van der Waals surface area (Å²) in [5.74, 6) is 0.721. The highest BCUT2D eigenvalue weighted by Gasteiger charge is 2.30. The van der Waals surface area contributed by atoms with E-state index < -0.39 is 19.6 Å². The maximum atomic E-state index is 14.7. The predicted octanol–water partition coefficient (Wildman–Crippen LogP) is 8.57. The number of thiazole rings is 1. The number of aryl methyl sites for hydroxylation is 1. The SMILES string of the molecule is CN1CCN(C(=O)c2ccc(OCCCc3ccc(N4CCc5cccc(C(=O)N(COCC[Si](C)(C)C)c6nc7ccccc7s6)c5C4)nc3C(=O)OC(C)(C)C)cc2)CC1. The molecule has 0 radical (unpaired) electrons. The fraction of sp³-hybridized carbons (Fsp3) is 0.438. The van der Waals surface area contributed by atoms with Crippen LogP contribution in [0.4, 0.5) is 10.9 Å². The van der Waals surface area contributed by atoms with Crippen molar-refractivity contribution in [1.29, 1.82) is 0 Å². The standard InChI is InChI=1S/C48H60N6O6SSi/c1-48(2,3)60-46(57)43-35(13-11-29-59-37-20-17-36(18-21-37)44(55)52-27-25-51(4)26-28-52)19-22-42(50-43)53-24-23-34-12-10-14-38(39(34)32-53)45(56)54(33-58-30-31-62(5,6)7)47-49-40-15-8-9-16-41(40)61-47/h8-10,12,14-22H,11,13,23-33H2,1-7H3. The third-order valence-corrected chi connectivity index (χ3v) is 13.9. The molecule has 328 valence electrons. The summed E-state index contributed by atoms with van der Waals surface area (Å²) in [5.41, 5.74) is 4.47. The van der Waals surface area contributed by atoms with Crippen molar-refractivity contribution in [3.05, 3.63) is 112 Å². The molecule has 14 heteroatoms. The summed E-state index contributed by atoms with van der Waals surface area (Å²) in [6, 6.07) is 26.1. The van der Waals surface area contributed by atoms with Gasteiger partial charge >= 0.3 is 5.97 Å². The Kier molecular flexibility index (Phi) is 14.1. The summed E-state index contributed by atoms with van der Waals surface area (Å²) >= 11 is 1.48.